The topological polar surface area (TPSA) is 64.4 Å². The molecule has 2 aliphatic rings. The molecule has 2 fully saturated rings. The number of carbonyl (C=O) groups excluding carboxylic acids is 2. The average Bonchev–Trinajstić information content (AvgIpc) is 3.23. The largest absolute Gasteiger partial charge is 0.458 e. The first-order valence-electron chi connectivity index (χ1n) is 8.75. The van der Waals surface area contributed by atoms with Crippen molar-refractivity contribution in [3.05, 3.63) is 52.1 Å². The Kier molecular flexibility index (Phi) is 4.83. The van der Waals surface area contributed by atoms with Gasteiger partial charge in [0.05, 0.1) is 11.5 Å². The van der Waals surface area contributed by atoms with E-state index in [-0.39, 0.29) is 23.8 Å². The molecule has 136 valence electrons. The molecule has 0 N–H and O–H groups in total. The second-order valence-electron chi connectivity index (χ2n) is 6.98. The summed E-state index contributed by atoms with van der Waals surface area (Å²) in [7, 11) is 2.06. The Morgan fingerprint density at radius 3 is 2.69 bits per heavy atom. The van der Waals surface area contributed by atoms with Crippen molar-refractivity contribution in [2.24, 2.45) is 5.92 Å². The third kappa shape index (κ3) is 3.18. The molecule has 26 heavy (non-hydrogen) atoms. The quantitative estimate of drug-likeness (QED) is 0.516. The van der Waals surface area contributed by atoms with E-state index in [0.29, 0.717) is 18.0 Å². The van der Waals surface area contributed by atoms with Crippen LogP contribution in [0, 0.1) is 9.49 Å². The van der Waals surface area contributed by atoms with Gasteiger partial charge in [-0.1, -0.05) is 0 Å². The molecule has 0 unspecified atom stereocenters. The average molecular weight is 465 g/mol. The molecule has 2 saturated heterocycles. The first-order chi connectivity index (χ1) is 12.5. The van der Waals surface area contributed by atoms with Gasteiger partial charge in [-0.3, -0.25) is 14.3 Å². The number of piperidine rings is 1. The van der Waals surface area contributed by atoms with Crippen molar-refractivity contribution < 1.29 is 14.3 Å². The van der Waals surface area contributed by atoms with Gasteiger partial charge < -0.3 is 4.74 Å². The summed E-state index contributed by atoms with van der Waals surface area (Å²) in [6.07, 6.45) is 7.02. The lowest BCUT2D eigenvalue weighted by Crippen LogP contribution is -2.54. The maximum atomic E-state index is 13.1. The molecule has 0 spiro atoms. The van der Waals surface area contributed by atoms with Crippen LogP contribution < -0.4 is 0 Å². The molecule has 2 aliphatic heterocycles. The molecule has 0 radical (unpaired) electrons. The lowest BCUT2D eigenvalue weighted by atomic mass is 9.86. The van der Waals surface area contributed by atoms with Gasteiger partial charge in [0, 0.05) is 34.5 Å². The van der Waals surface area contributed by atoms with Crippen molar-refractivity contribution in [1.29, 1.82) is 0 Å². The van der Waals surface area contributed by atoms with Crippen molar-refractivity contribution in [1.82, 2.24) is 14.5 Å². The zero-order valence-electron chi connectivity index (χ0n) is 14.4. The van der Waals surface area contributed by atoms with E-state index in [1.54, 1.807) is 24.5 Å². The lowest BCUT2D eigenvalue weighted by Gasteiger charge is -2.41. The Balaban J connectivity index is 1.59. The first kappa shape index (κ1) is 17.7. The van der Waals surface area contributed by atoms with Gasteiger partial charge in [-0.25, -0.2) is 9.78 Å². The molecule has 3 heterocycles. The Hall–Kier alpha value is -1.74. The summed E-state index contributed by atoms with van der Waals surface area (Å²) in [5.41, 5.74) is 0.519. The number of nitrogens with zero attached hydrogens (tertiary/aromatic N) is 3. The second-order valence-corrected chi connectivity index (χ2v) is 8.23. The Morgan fingerprint density at radius 1 is 1.23 bits per heavy atom. The van der Waals surface area contributed by atoms with Gasteiger partial charge in [-0.05, 0) is 66.7 Å². The molecule has 0 aliphatic carbocycles. The van der Waals surface area contributed by atoms with Crippen LogP contribution in [-0.4, -0.2) is 51.6 Å². The molecular formula is C19H20IN3O3. The smallest absolute Gasteiger partial charge is 0.338 e. The summed E-state index contributed by atoms with van der Waals surface area (Å²) in [5.74, 6) is -0.792. The van der Waals surface area contributed by atoms with Crippen LogP contribution in [0.25, 0.3) is 0 Å². The zero-order valence-corrected chi connectivity index (χ0v) is 16.6. The maximum Gasteiger partial charge on any atom is 0.338 e. The second kappa shape index (κ2) is 7.11. The molecule has 1 aromatic carbocycles. The summed E-state index contributed by atoms with van der Waals surface area (Å²) in [6.45, 7) is 0. The van der Waals surface area contributed by atoms with E-state index in [1.165, 1.54) is 10.9 Å². The third-order valence-corrected chi connectivity index (χ3v) is 6.32. The van der Waals surface area contributed by atoms with Gasteiger partial charge >= 0.3 is 5.97 Å². The van der Waals surface area contributed by atoms with Gasteiger partial charge in [-0.2, -0.15) is 0 Å². The minimum absolute atomic E-state index is 0.0555. The van der Waals surface area contributed by atoms with Crippen LogP contribution in [0.5, 0.6) is 0 Å². The van der Waals surface area contributed by atoms with Crippen molar-refractivity contribution in [3.63, 3.8) is 0 Å². The van der Waals surface area contributed by atoms with Crippen LogP contribution in [0.4, 0.5) is 0 Å². The number of hydrogen-bond acceptors (Lipinski definition) is 5. The molecule has 2 aromatic rings. The molecule has 4 rings (SSSR count). The highest BCUT2D eigenvalue weighted by Crippen LogP contribution is 2.40. The molecule has 2 bridgehead atoms. The van der Waals surface area contributed by atoms with Crippen LogP contribution in [0.1, 0.15) is 34.4 Å². The van der Waals surface area contributed by atoms with Crippen LogP contribution in [0.15, 0.2) is 43.0 Å². The third-order valence-electron chi connectivity index (χ3n) is 5.60. The number of imidazole rings is 1. The fraction of sp³-hybridized carbons (Fsp3) is 0.421. The summed E-state index contributed by atoms with van der Waals surface area (Å²) in [4.78, 5) is 31.9. The number of rotatable bonds is 3. The molecule has 6 nitrogen and oxygen atoms in total. The molecule has 0 saturated carbocycles. The number of halogens is 1. The van der Waals surface area contributed by atoms with Crippen molar-refractivity contribution in [3.8, 4) is 0 Å². The van der Waals surface area contributed by atoms with E-state index in [2.05, 4.69) is 39.5 Å². The van der Waals surface area contributed by atoms with E-state index in [0.717, 1.165) is 16.4 Å². The van der Waals surface area contributed by atoms with Gasteiger partial charge in [0.2, 0.25) is 5.91 Å². The number of esters is 1. The van der Waals surface area contributed by atoms with Crippen LogP contribution in [-0.2, 0) is 4.74 Å². The molecule has 0 amide bonds. The lowest BCUT2D eigenvalue weighted by molar-refractivity contribution is -0.0286. The monoisotopic (exact) mass is 465 g/mol. The van der Waals surface area contributed by atoms with Crippen LogP contribution in [0.2, 0.25) is 0 Å². The Morgan fingerprint density at radius 2 is 2.00 bits per heavy atom. The van der Waals surface area contributed by atoms with Gasteiger partial charge in [0.15, 0.2) is 0 Å². The van der Waals surface area contributed by atoms with Crippen LogP contribution in [0.3, 0.4) is 0 Å². The van der Waals surface area contributed by atoms with Crippen LogP contribution >= 0.6 is 22.6 Å². The fourth-order valence-corrected chi connectivity index (χ4v) is 4.58. The number of benzene rings is 1. The highest BCUT2D eigenvalue weighted by molar-refractivity contribution is 14.1. The number of carbonyl (C=O) groups is 2. The summed E-state index contributed by atoms with van der Waals surface area (Å²) in [6, 6.07) is 7.74. The normalized spacial score (nSPS) is 28.1. The van der Waals surface area contributed by atoms with E-state index in [4.69, 9.17) is 4.74 Å². The number of ether oxygens (including phenoxy) is 1. The predicted octanol–water partition coefficient (Wildman–Crippen LogP) is 2.84. The molecule has 4 atom stereocenters. The molecule has 1 aromatic heterocycles. The van der Waals surface area contributed by atoms with Gasteiger partial charge in [0.1, 0.15) is 12.4 Å². The van der Waals surface area contributed by atoms with Crippen molar-refractivity contribution in [2.75, 3.05) is 7.05 Å². The van der Waals surface area contributed by atoms with E-state index in [9.17, 15) is 9.59 Å². The highest BCUT2D eigenvalue weighted by atomic mass is 127. The summed E-state index contributed by atoms with van der Waals surface area (Å²) in [5, 5.41) is 0. The number of aromatic nitrogens is 2. The predicted molar refractivity (Wildman–Crippen MR) is 104 cm³/mol. The fourth-order valence-electron chi connectivity index (χ4n) is 4.22. The molecule has 7 heteroatoms. The van der Waals surface area contributed by atoms with E-state index >= 15 is 0 Å². The Bertz CT molecular complexity index is 806. The minimum atomic E-state index is -0.412. The highest BCUT2D eigenvalue weighted by Gasteiger charge is 2.50. The number of fused-ring (bicyclic) bond motifs is 2. The minimum Gasteiger partial charge on any atom is -0.458 e. The van der Waals surface area contributed by atoms with Gasteiger partial charge in [0.25, 0.3) is 0 Å². The number of hydrogen-bond donors (Lipinski definition) is 0. The Labute approximate surface area is 165 Å². The SMILES string of the molecule is CN1[C@H]2CC[C@@H]1[C@@H](C(=O)n1ccnc1)[C@@H](OC(=O)c1ccc(I)cc1)C2. The molecular weight excluding hydrogens is 445 g/mol. The van der Waals surface area contributed by atoms with Gasteiger partial charge in [-0.15, -0.1) is 0 Å². The van der Waals surface area contributed by atoms with E-state index in [1.807, 2.05) is 12.1 Å². The zero-order chi connectivity index (χ0) is 18.3. The summed E-state index contributed by atoms with van der Waals surface area (Å²) < 4.78 is 8.42. The first-order valence-corrected chi connectivity index (χ1v) is 9.83. The summed E-state index contributed by atoms with van der Waals surface area (Å²) >= 11 is 2.20. The van der Waals surface area contributed by atoms with Crippen molar-refractivity contribution >= 4 is 34.5 Å². The standard InChI is InChI=1S/C19H20IN3O3/c1-22-14-6-7-15(22)17(18(24)23-9-8-21-11-23)16(10-14)26-19(25)12-2-4-13(20)5-3-12/h2-5,8-9,11,14-17H,6-7,10H2,1H3/t14-,15+,16-,17+/m0/s1. The maximum absolute atomic E-state index is 13.1. The van der Waals surface area contributed by atoms with E-state index < -0.39 is 6.10 Å². The van der Waals surface area contributed by atoms with Crippen molar-refractivity contribution in [2.45, 2.75) is 37.5 Å².